The summed E-state index contributed by atoms with van der Waals surface area (Å²) in [7, 11) is 0. The monoisotopic (exact) mass is 303 g/mol. The zero-order chi connectivity index (χ0) is 15.6. The van der Waals surface area contributed by atoms with Gasteiger partial charge in [0, 0.05) is 10.7 Å². The maximum atomic E-state index is 12.3. The van der Waals surface area contributed by atoms with Crippen molar-refractivity contribution in [2.45, 2.75) is 26.8 Å². The Morgan fingerprint density at radius 3 is 2.81 bits per heavy atom. The molecule has 1 aromatic heterocycles. The molecule has 1 heterocycles. The minimum atomic E-state index is -0.585. The van der Waals surface area contributed by atoms with Crippen LogP contribution in [0.4, 0.5) is 5.69 Å². The summed E-state index contributed by atoms with van der Waals surface area (Å²) in [6.45, 7) is 5.22. The van der Waals surface area contributed by atoms with Crippen molar-refractivity contribution < 1.29 is 4.79 Å². The fraction of sp³-hybridized carbons (Fsp3) is 0.286. The van der Waals surface area contributed by atoms with Gasteiger partial charge >= 0.3 is 0 Å². The number of halogens is 1. The molecule has 0 bridgehead atoms. The van der Waals surface area contributed by atoms with E-state index in [0.717, 1.165) is 5.56 Å². The van der Waals surface area contributed by atoms with Crippen LogP contribution < -0.4 is 5.32 Å². The number of carbonyl (C=O) groups is 1. The Hall–Kier alpha value is -2.39. The predicted octanol–water partition coefficient (Wildman–Crippen LogP) is 2.62. The lowest BCUT2D eigenvalue weighted by atomic mass is 10.2. The van der Waals surface area contributed by atoms with Crippen LogP contribution in [0.3, 0.4) is 0 Å². The topological polar surface area (TPSA) is 83.6 Å². The van der Waals surface area contributed by atoms with Gasteiger partial charge < -0.3 is 5.32 Å². The summed E-state index contributed by atoms with van der Waals surface area (Å²) in [5, 5.41) is 19.8. The second kappa shape index (κ2) is 5.94. The van der Waals surface area contributed by atoms with Crippen molar-refractivity contribution in [1.29, 1.82) is 5.26 Å². The summed E-state index contributed by atoms with van der Waals surface area (Å²) in [6, 6.07) is 6.65. The normalized spacial score (nSPS) is 11.8. The van der Waals surface area contributed by atoms with E-state index in [2.05, 4.69) is 15.6 Å². The van der Waals surface area contributed by atoms with Crippen LogP contribution in [0.1, 0.15) is 29.9 Å². The fourth-order valence-electron chi connectivity index (χ4n) is 1.90. The molecule has 1 N–H and O–H groups in total. The number of anilines is 1. The van der Waals surface area contributed by atoms with Gasteiger partial charge in [0.25, 0.3) is 0 Å². The first-order chi connectivity index (χ1) is 9.95. The van der Waals surface area contributed by atoms with E-state index in [1.807, 2.05) is 13.0 Å². The third kappa shape index (κ3) is 2.88. The fourth-order valence-corrected chi connectivity index (χ4v) is 2.08. The molecule has 1 atom stereocenters. The minimum Gasteiger partial charge on any atom is -0.324 e. The smallest absolute Gasteiger partial charge is 0.249 e. The van der Waals surface area contributed by atoms with Crippen molar-refractivity contribution in [3.05, 3.63) is 40.2 Å². The van der Waals surface area contributed by atoms with Crippen molar-refractivity contribution in [2.75, 3.05) is 5.32 Å². The Balaban J connectivity index is 2.22. The van der Waals surface area contributed by atoms with E-state index in [4.69, 9.17) is 16.9 Å². The molecule has 0 fully saturated rings. The van der Waals surface area contributed by atoms with Crippen LogP contribution in [0.25, 0.3) is 0 Å². The van der Waals surface area contributed by atoms with Crippen molar-refractivity contribution in [1.82, 2.24) is 15.0 Å². The Bertz CT molecular complexity index is 731. The Kier molecular flexibility index (Phi) is 4.24. The number of hydrogen-bond acceptors (Lipinski definition) is 4. The first-order valence-electron chi connectivity index (χ1n) is 6.33. The van der Waals surface area contributed by atoms with Crippen LogP contribution in [0.2, 0.25) is 5.02 Å². The SMILES string of the molecule is Cc1c(Cl)cccc1NC(=O)C(C)n1nnc(C#N)c1C. The van der Waals surface area contributed by atoms with Gasteiger partial charge in [-0.1, -0.05) is 22.9 Å². The van der Waals surface area contributed by atoms with Crippen LogP contribution in [0.15, 0.2) is 18.2 Å². The maximum Gasteiger partial charge on any atom is 0.249 e. The minimum absolute atomic E-state index is 0.216. The van der Waals surface area contributed by atoms with E-state index >= 15 is 0 Å². The molecular formula is C14H14ClN5O. The van der Waals surface area contributed by atoms with Crippen molar-refractivity contribution >= 4 is 23.2 Å². The zero-order valence-electron chi connectivity index (χ0n) is 11.9. The second-order valence-corrected chi connectivity index (χ2v) is 5.06. The van der Waals surface area contributed by atoms with E-state index in [-0.39, 0.29) is 11.6 Å². The number of amides is 1. The summed E-state index contributed by atoms with van der Waals surface area (Å²) in [5.41, 5.74) is 2.22. The Labute approximate surface area is 127 Å². The molecule has 0 spiro atoms. The molecule has 0 saturated carbocycles. The van der Waals surface area contributed by atoms with Crippen molar-refractivity contribution in [3.63, 3.8) is 0 Å². The molecule has 2 aromatic rings. The molecule has 6 nitrogen and oxygen atoms in total. The van der Waals surface area contributed by atoms with E-state index in [0.29, 0.717) is 16.4 Å². The standard InChI is InChI=1S/C14H14ClN5O/c1-8-11(15)5-4-6-12(8)17-14(21)10(3)20-9(2)13(7-16)18-19-20/h4-6,10H,1-3H3,(H,17,21). The van der Waals surface area contributed by atoms with Crippen LogP contribution in [0.5, 0.6) is 0 Å². The molecule has 0 aliphatic carbocycles. The highest BCUT2D eigenvalue weighted by molar-refractivity contribution is 6.31. The highest BCUT2D eigenvalue weighted by Crippen LogP contribution is 2.24. The van der Waals surface area contributed by atoms with Gasteiger partial charge in [-0.05, 0) is 38.5 Å². The van der Waals surface area contributed by atoms with E-state index in [1.54, 1.807) is 32.0 Å². The molecule has 1 aromatic carbocycles. The molecule has 2 rings (SSSR count). The first-order valence-corrected chi connectivity index (χ1v) is 6.71. The van der Waals surface area contributed by atoms with Gasteiger partial charge in [-0.25, -0.2) is 4.68 Å². The number of nitrogens with one attached hydrogen (secondary N) is 1. The van der Waals surface area contributed by atoms with Gasteiger partial charge in [0.1, 0.15) is 12.1 Å². The number of nitriles is 1. The molecule has 21 heavy (non-hydrogen) atoms. The van der Waals surface area contributed by atoms with Gasteiger partial charge in [-0.2, -0.15) is 5.26 Å². The number of aromatic nitrogens is 3. The molecule has 1 unspecified atom stereocenters. The predicted molar refractivity (Wildman–Crippen MR) is 79.0 cm³/mol. The first kappa shape index (κ1) is 15.0. The average Bonchev–Trinajstić information content (AvgIpc) is 2.84. The average molecular weight is 304 g/mol. The highest BCUT2D eigenvalue weighted by atomic mass is 35.5. The maximum absolute atomic E-state index is 12.3. The van der Waals surface area contributed by atoms with Gasteiger partial charge in [0.2, 0.25) is 5.91 Å². The highest BCUT2D eigenvalue weighted by Gasteiger charge is 2.20. The Morgan fingerprint density at radius 1 is 1.48 bits per heavy atom. The molecule has 7 heteroatoms. The van der Waals surface area contributed by atoms with Crippen LogP contribution in [-0.4, -0.2) is 20.9 Å². The van der Waals surface area contributed by atoms with Gasteiger partial charge in [0.15, 0.2) is 5.69 Å². The zero-order valence-corrected chi connectivity index (χ0v) is 12.6. The summed E-state index contributed by atoms with van der Waals surface area (Å²) in [4.78, 5) is 12.3. The number of benzene rings is 1. The van der Waals surface area contributed by atoms with E-state index < -0.39 is 6.04 Å². The van der Waals surface area contributed by atoms with E-state index in [9.17, 15) is 4.79 Å². The van der Waals surface area contributed by atoms with Crippen LogP contribution >= 0.6 is 11.6 Å². The van der Waals surface area contributed by atoms with Gasteiger partial charge in [0.05, 0.1) is 5.69 Å². The molecule has 108 valence electrons. The van der Waals surface area contributed by atoms with Crippen LogP contribution in [0, 0.1) is 25.2 Å². The summed E-state index contributed by atoms with van der Waals surface area (Å²) in [5.74, 6) is -0.252. The summed E-state index contributed by atoms with van der Waals surface area (Å²) in [6.07, 6.45) is 0. The largest absolute Gasteiger partial charge is 0.324 e. The lowest BCUT2D eigenvalue weighted by molar-refractivity contribution is -0.119. The molecule has 0 radical (unpaired) electrons. The summed E-state index contributed by atoms with van der Waals surface area (Å²) >= 11 is 6.03. The number of carbonyl (C=O) groups excluding carboxylic acids is 1. The third-order valence-corrected chi connectivity index (χ3v) is 3.71. The Morgan fingerprint density at radius 2 is 2.19 bits per heavy atom. The lowest BCUT2D eigenvalue weighted by Gasteiger charge is -2.15. The number of rotatable bonds is 3. The lowest BCUT2D eigenvalue weighted by Crippen LogP contribution is -2.25. The second-order valence-electron chi connectivity index (χ2n) is 4.66. The molecular weight excluding hydrogens is 290 g/mol. The van der Waals surface area contributed by atoms with Crippen LogP contribution in [-0.2, 0) is 4.79 Å². The summed E-state index contributed by atoms with van der Waals surface area (Å²) < 4.78 is 1.42. The quantitative estimate of drug-likeness (QED) is 0.944. The third-order valence-electron chi connectivity index (χ3n) is 3.31. The van der Waals surface area contributed by atoms with Crippen molar-refractivity contribution in [2.24, 2.45) is 0 Å². The van der Waals surface area contributed by atoms with Gasteiger partial charge in [-0.15, -0.1) is 5.10 Å². The number of nitrogens with zero attached hydrogens (tertiary/aromatic N) is 4. The number of hydrogen-bond donors (Lipinski definition) is 1. The molecule has 0 aliphatic rings. The molecule has 1 amide bonds. The van der Waals surface area contributed by atoms with Gasteiger partial charge in [-0.3, -0.25) is 4.79 Å². The van der Waals surface area contributed by atoms with E-state index in [1.165, 1.54) is 4.68 Å². The molecule has 0 saturated heterocycles. The van der Waals surface area contributed by atoms with Crippen molar-refractivity contribution in [3.8, 4) is 6.07 Å². The molecule has 0 aliphatic heterocycles.